The molecule has 0 atom stereocenters. The Kier molecular flexibility index (Phi) is 4.42. The Morgan fingerprint density at radius 3 is 2.69 bits per heavy atom. The quantitative estimate of drug-likeness (QED) is 0.431. The molecule has 0 N–H and O–H groups in total. The molecule has 0 unspecified atom stereocenters. The third-order valence-corrected chi connectivity index (χ3v) is 5.73. The zero-order valence-corrected chi connectivity index (χ0v) is 16.0. The summed E-state index contributed by atoms with van der Waals surface area (Å²) in [4.78, 5) is 19.3. The molecular formula is C20H17ClN2O2S. The van der Waals surface area contributed by atoms with Gasteiger partial charge < -0.3 is 9.32 Å². The third-order valence-electron chi connectivity index (χ3n) is 4.43. The smallest absolute Gasteiger partial charge is 0.346 e. The standard InChI is InChI=1S/C20H17ClN2O2S/c1-3-23(4-2)14-7-5-12-9-15(20(24)25-17(12)11-14)19-22-16-10-13(21)6-8-18(16)26-19/h5-11H,3-4H2,1-2H3. The van der Waals surface area contributed by atoms with Crippen molar-refractivity contribution >= 4 is 49.8 Å². The van der Waals surface area contributed by atoms with Crippen LogP contribution in [0.1, 0.15) is 13.8 Å². The average molecular weight is 385 g/mol. The van der Waals surface area contributed by atoms with Crippen molar-refractivity contribution in [2.45, 2.75) is 13.8 Å². The lowest BCUT2D eigenvalue weighted by atomic mass is 10.1. The summed E-state index contributed by atoms with van der Waals surface area (Å²) in [5, 5.41) is 2.15. The second kappa shape index (κ2) is 6.74. The van der Waals surface area contributed by atoms with E-state index in [-0.39, 0.29) is 5.63 Å². The number of nitrogens with zero attached hydrogens (tertiary/aromatic N) is 2. The molecular weight excluding hydrogens is 368 g/mol. The van der Waals surface area contributed by atoms with Crippen LogP contribution >= 0.6 is 22.9 Å². The van der Waals surface area contributed by atoms with Crippen molar-refractivity contribution in [3.05, 3.63) is 57.9 Å². The second-order valence-electron chi connectivity index (χ2n) is 5.97. The second-order valence-corrected chi connectivity index (χ2v) is 7.44. The van der Waals surface area contributed by atoms with Gasteiger partial charge in [0.25, 0.3) is 0 Å². The SMILES string of the molecule is CCN(CC)c1ccc2cc(-c3nc4cc(Cl)ccc4s3)c(=O)oc2c1. The summed E-state index contributed by atoms with van der Waals surface area (Å²) in [6, 6.07) is 13.4. The molecule has 0 saturated heterocycles. The van der Waals surface area contributed by atoms with Gasteiger partial charge in [-0.05, 0) is 50.2 Å². The molecule has 0 amide bonds. The van der Waals surface area contributed by atoms with Gasteiger partial charge in [0, 0.05) is 35.3 Å². The molecule has 6 heteroatoms. The third kappa shape index (κ3) is 2.97. The lowest BCUT2D eigenvalue weighted by molar-refractivity contribution is 0.563. The molecule has 0 aliphatic rings. The van der Waals surface area contributed by atoms with Crippen molar-refractivity contribution in [1.29, 1.82) is 0 Å². The van der Waals surface area contributed by atoms with Crippen LogP contribution in [0.15, 0.2) is 51.7 Å². The topological polar surface area (TPSA) is 46.3 Å². The van der Waals surface area contributed by atoms with Crippen LogP contribution in [0, 0.1) is 0 Å². The summed E-state index contributed by atoms with van der Waals surface area (Å²) in [5.74, 6) is 0. The number of rotatable bonds is 4. The molecule has 4 nitrogen and oxygen atoms in total. The number of halogens is 1. The van der Waals surface area contributed by atoms with Gasteiger partial charge in [-0.15, -0.1) is 11.3 Å². The molecule has 4 rings (SSSR count). The maximum atomic E-state index is 12.6. The van der Waals surface area contributed by atoms with Crippen LogP contribution in [0.2, 0.25) is 5.02 Å². The molecule has 0 radical (unpaired) electrons. The Morgan fingerprint density at radius 2 is 1.92 bits per heavy atom. The Balaban J connectivity index is 1.84. The molecule has 132 valence electrons. The summed E-state index contributed by atoms with van der Waals surface area (Å²) in [6.07, 6.45) is 0. The molecule has 4 aromatic rings. The highest BCUT2D eigenvalue weighted by Gasteiger charge is 2.14. The lowest BCUT2D eigenvalue weighted by Gasteiger charge is -2.20. The predicted molar refractivity (Wildman–Crippen MR) is 110 cm³/mol. The fourth-order valence-corrected chi connectivity index (χ4v) is 4.17. The van der Waals surface area contributed by atoms with E-state index in [1.54, 1.807) is 6.07 Å². The highest BCUT2D eigenvalue weighted by atomic mass is 35.5. The number of fused-ring (bicyclic) bond motifs is 2. The number of aromatic nitrogens is 1. The first-order valence-corrected chi connectivity index (χ1v) is 9.67. The number of benzene rings is 2. The minimum absolute atomic E-state index is 0.376. The van der Waals surface area contributed by atoms with E-state index < -0.39 is 0 Å². The number of anilines is 1. The normalized spacial score (nSPS) is 11.3. The number of hydrogen-bond acceptors (Lipinski definition) is 5. The summed E-state index contributed by atoms with van der Waals surface area (Å²) < 4.78 is 6.59. The Bertz CT molecular complexity index is 1160. The summed E-state index contributed by atoms with van der Waals surface area (Å²) in [7, 11) is 0. The molecule has 0 aliphatic carbocycles. The van der Waals surface area contributed by atoms with E-state index in [0.717, 1.165) is 34.4 Å². The maximum absolute atomic E-state index is 12.6. The van der Waals surface area contributed by atoms with Crippen LogP contribution in [0.5, 0.6) is 0 Å². The molecule has 0 aliphatic heterocycles. The molecule has 2 heterocycles. The first-order chi connectivity index (χ1) is 12.6. The Labute approximate surface area is 159 Å². The molecule has 0 spiro atoms. The van der Waals surface area contributed by atoms with Crippen LogP contribution < -0.4 is 10.5 Å². The minimum atomic E-state index is -0.376. The molecule has 26 heavy (non-hydrogen) atoms. The van der Waals surface area contributed by atoms with E-state index in [9.17, 15) is 4.79 Å². The van der Waals surface area contributed by atoms with Gasteiger partial charge in [0.1, 0.15) is 10.6 Å². The first kappa shape index (κ1) is 17.1. The Morgan fingerprint density at radius 1 is 1.12 bits per heavy atom. The fraction of sp³-hybridized carbons (Fsp3) is 0.200. The van der Waals surface area contributed by atoms with Crippen molar-refractivity contribution in [2.24, 2.45) is 0 Å². The first-order valence-electron chi connectivity index (χ1n) is 8.48. The van der Waals surface area contributed by atoms with Crippen molar-refractivity contribution in [2.75, 3.05) is 18.0 Å². The maximum Gasteiger partial charge on any atom is 0.346 e. The van der Waals surface area contributed by atoms with E-state index in [0.29, 0.717) is 21.2 Å². The van der Waals surface area contributed by atoms with Gasteiger partial charge in [-0.25, -0.2) is 9.78 Å². The van der Waals surface area contributed by atoms with E-state index >= 15 is 0 Å². The summed E-state index contributed by atoms with van der Waals surface area (Å²) in [6.45, 7) is 6.01. The molecule has 0 saturated carbocycles. The van der Waals surface area contributed by atoms with Crippen molar-refractivity contribution < 1.29 is 4.42 Å². The van der Waals surface area contributed by atoms with Crippen molar-refractivity contribution in [3.63, 3.8) is 0 Å². The largest absolute Gasteiger partial charge is 0.422 e. The van der Waals surface area contributed by atoms with Crippen LogP contribution in [0.3, 0.4) is 0 Å². The van der Waals surface area contributed by atoms with Crippen molar-refractivity contribution in [3.8, 4) is 10.6 Å². The number of thiazole rings is 1. The van der Waals surface area contributed by atoms with E-state index in [1.807, 2.05) is 30.3 Å². The van der Waals surface area contributed by atoms with Gasteiger partial charge in [0.05, 0.1) is 15.8 Å². The highest BCUT2D eigenvalue weighted by molar-refractivity contribution is 7.21. The zero-order valence-electron chi connectivity index (χ0n) is 14.5. The van der Waals surface area contributed by atoms with E-state index in [1.165, 1.54) is 11.3 Å². The molecule has 2 aromatic carbocycles. The van der Waals surface area contributed by atoms with Gasteiger partial charge in [-0.2, -0.15) is 0 Å². The van der Waals surface area contributed by atoms with Crippen LogP contribution in [-0.2, 0) is 0 Å². The van der Waals surface area contributed by atoms with Gasteiger partial charge in [0.15, 0.2) is 0 Å². The number of hydrogen-bond donors (Lipinski definition) is 0. The van der Waals surface area contributed by atoms with Crippen LogP contribution in [0.25, 0.3) is 31.8 Å². The summed E-state index contributed by atoms with van der Waals surface area (Å²) >= 11 is 7.49. The van der Waals surface area contributed by atoms with Gasteiger partial charge >= 0.3 is 5.63 Å². The van der Waals surface area contributed by atoms with Gasteiger partial charge in [-0.1, -0.05) is 11.6 Å². The lowest BCUT2D eigenvalue weighted by Crippen LogP contribution is -2.21. The minimum Gasteiger partial charge on any atom is -0.422 e. The average Bonchev–Trinajstić information content (AvgIpc) is 3.05. The van der Waals surface area contributed by atoms with Crippen LogP contribution in [-0.4, -0.2) is 18.1 Å². The fourth-order valence-electron chi connectivity index (χ4n) is 3.05. The molecule has 0 bridgehead atoms. The van der Waals surface area contributed by atoms with Crippen molar-refractivity contribution in [1.82, 2.24) is 4.98 Å². The molecule has 2 aromatic heterocycles. The van der Waals surface area contributed by atoms with Gasteiger partial charge in [-0.3, -0.25) is 0 Å². The van der Waals surface area contributed by atoms with E-state index in [4.69, 9.17) is 16.0 Å². The van der Waals surface area contributed by atoms with E-state index in [2.05, 4.69) is 29.8 Å². The Hall–Kier alpha value is -2.37. The highest BCUT2D eigenvalue weighted by Crippen LogP contribution is 2.32. The predicted octanol–water partition coefficient (Wildman–Crippen LogP) is 5.57. The monoisotopic (exact) mass is 384 g/mol. The van der Waals surface area contributed by atoms with Gasteiger partial charge in [0.2, 0.25) is 0 Å². The van der Waals surface area contributed by atoms with Crippen LogP contribution in [0.4, 0.5) is 5.69 Å². The summed E-state index contributed by atoms with van der Waals surface area (Å²) in [5.41, 5.74) is 2.53. The zero-order chi connectivity index (χ0) is 18.3. The molecule has 0 fully saturated rings.